The number of hydrogen-bond acceptors (Lipinski definition) is 11. The highest BCUT2D eigenvalue weighted by Crippen LogP contribution is 2.34. The van der Waals surface area contributed by atoms with Crippen LogP contribution in [0.4, 0.5) is 0 Å². The van der Waals surface area contributed by atoms with Crippen LogP contribution in [-0.2, 0) is 32.2 Å². The molecule has 4 aromatic carbocycles. The summed E-state index contributed by atoms with van der Waals surface area (Å²) in [5, 5.41) is 0. The van der Waals surface area contributed by atoms with Gasteiger partial charge in [-0.25, -0.2) is 28.4 Å². The van der Waals surface area contributed by atoms with E-state index in [1.807, 2.05) is 78.5 Å². The number of fused-ring (bicyclic) bond motifs is 4. The fourth-order valence-electron chi connectivity index (χ4n) is 8.08. The summed E-state index contributed by atoms with van der Waals surface area (Å²) in [5.41, 5.74) is 9.11. The Morgan fingerprint density at radius 2 is 1.09 bits per heavy atom. The van der Waals surface area contributed by atoms with Crippen molar-refractivity contribution in [2.45, 2.75) is 50.6 Å². The van der Waals surface area contributed by atoms with Crippen molar-refractivity contribution in [1.82, 2.24) is 29.1 Å². The molecule has 12 nitrogen and oxygen atoms in total. The number of ether oxygens (including phenoxy) is 2. The van der Waals surface area contributed by atoms with Crippen molar-refractivity contribution < 1.29 is 26.7 Å². The second-order valence-corrected chi connectivity index (χ2v) is 18.2. The van der Waals surface area contributed by atoms with E-state index in [1.165, 1.54) is 17.6 Å². The summed E-state index contributed by atoms with van der Waals surface area (Å²) in [6, 6.07) is 28.6. The molecular formula is C44H46N6O6S2. The summed E-state index contributed by atoms with van der Waals surface area (Å²) in [4.78, 5) is 19.0. The number of rotatable bonds is 10. The van der Waals surface area contributed by atoms with Crippen molar-refractivity contribution >= 4 is 65.9 Å². The second-order valence-electron chi connectivity index (χ2n) is 15.0. The Labute approximate surface area is 340 Å². The molecule has 8 aromatic rings. The summed E-state index contributed by atoms with van der Waals surface area (Å²) in [6.45, 7) is 3.06. The average molecular weight is 819 g/mol. The van der Waals surface area contributed by atoms with Gasteiger partial charge in [-0.1, -0.05) is 24.3 Å². The first kappa shape index (κ1) is 38.5. The van der Waals surface area contributed by atoms with Crippen LogP contribution in [0.2, 0.25) is 0 Å². The minimum absolute atomic E-state index is 0.0809. The molecule has 10 rings (SSSR count). The number of sulfone groups is 1. The van der Waals surface area contributed by atoms with Crippen LogP contribution in [-0.4, -0.2) is 87.9 Å². The van der Waals surface area contributed by atoms with Crippen LogP contribution >= 0.6 is 11.8 Å². The average Bonchev–Trinajstić information content (AvgIpc) is 4.04. The van der Waals surface area contributed by atoms with E-state index in [0.29, 0.717) is 37.5 Å². The molecule has 2 saturated heterocycles. The summed E-state index contributed by atoms with van der Waals surface area (Å²) in [7, 11) is -3.08. The highest BCUT2D eigenvalue weighted by Gasteiger charge is 2.24. The lowest BCUT2D eigenvalue weighted by molar-refractivity contribution is 0.0698. The molecule has 0 aliphatic carbocycles. The number of hydrogen-bond donors (Lipinski definition) is 0. The molecule has 0 unspecified atom stereocenters. The lowest BCUT2D eigenvalue weighted by Crippen LogP contribution is -2.22. The van der Waals surface area contributed by atoms with E-state index in [2.05, 4.69) is 43.6 Å². The fourth-order valence-corrected chi connectivity index (χ4v) is 9.02. The van der Waals surface area contributed by atoms with Crippen molar-refractivity contribution in [1.29, 1.82) is 0 Å². The fraction of sp³-hybridized carbons (Fsp3) is 0.364. The zero-order chi connectivity index (χ0) is 39.6. The first-order valence-corrected chi connectivity index (χ1v) is 23.3. The molecule has 2 aliphatic heterocycles. The molecule has 2 fully saturated rings. The zero-order valence-corrected chi connectivity index (χ0v) is 34.3. The number of para-hydroxylation sites is 4. The van der Waals surface area contributed by atoms with Crippen LogP contribution in [0.3, 0.4) is 0 Å². The Bertz CT molecular complexity index is 2750. The summed E-state index contributed by atoms with van der Waals surface area (Å²) in [5.74, 6) is 4.33. The second kappa shape index (κ2) is 16.7. The molecule has 6 heterocycles. The van der Waals surface area contributed by atoms with Gasteiger partial charge in [0.1, 0.15) is 32.5 Å². The molecule has 0 spiro atoms. The van der Waals surface area contributed by atoms with Gasteiger partial charge in [-0.15, -0.1) is 0 Å². The highest BCUT2D eigenvalue weighted by atomic mass is 32.2. The van der Waals surface area contributed by atoms with E-state index in [1.54, 1.807) is 0 Å². The quantitative estimate of drug-likeness (QED) is 0.131. The van der Waals surface area contributed by atoms with E-state index in [-0.39, 0.29) is 11.8 Å². The van der Waals surface area contributed by atoms with Gasteiger partial charge in [0.15, 0.2) is 11.2 Å². The van der Waals surface area contributed by atoms with Crippen LogP contribution in [0.5, 0.6) is 0 Å². The van der Waals surface area contributed by atoms with E-state index in [9.17, 15) is 8.42 Å². The molecule has 0 bridgehead atoms. The Kier molecular flexibility index (Phi) is 11.1. The molecule has 0 amide bonds. The van der Waals surface area contributed by atoms with Gasteiger partial charge in [-0.3, -0.25) is 0 Å². The Hall–Kier alpha value is -5.02. The molecule has 0 N–H and O–H groups in total. The van der Waals surface area contributed by atoms with Crippen LogP contribution < -0.4 is 0 Å². The molecule has 4 aromatic heterocycles. The number of thioether (sulfide) groups is 1. The minimum atomic E-state index is -3.08. The van der Waals surface area contributed by atoms with E-state index < -0.39 is 9.84 Å². The van der Waals surface area contributed by atoms with Crippen molar-refractivity contribution in [3.63, 3.8) is 0 Å². The first-order valence-electron chi connectivity index (χ1n) is 19.9. The largest absolute Gasteiger partial charge is 0.436 e. The van der Waals surface area contributed by atoms with E-state index in [0.717, 1.165) is 107 Å². The molecule has 14 heteroatoms. The van der Waals surface area contributed by atoms with Crippen molar-refractivity contribution in [3.8, 4) is 22.9 Å². The lowest BCUT2D eigenvalue weighted by atomic mass is 10.1. The molecule has 2 aliphatic rings. The van der Waals surface area contributed by atoms with E-state index in [4.69, 9.17) is 28.3 Å². The van der Waals surface area contributed by atoms with Crippen LogP contribution in [0.1, 0.15) is 49.4 Å². The third kappa shape index (κ3) is 8.15. The van der Waals surface area contributed by atoms with Gasteiger partial charge in [0, 0.05) is 74.5 Å². The lowest BCUT2D eigenvalue weighted by Gasteiger charge is -2.25. The van der Waals surface area contributed by atoms with Gasteiger partial charge in [0.25, 0.3) is 0 Å². The molecule has 300 valence electrons. The van der Waals surface area contributed by atoms with Crippen LogP contribution in [0.15, 0.2) is 93.8 Å². The molecule has 0 saturated carbocycles. The predicted octanol–water partition coefficient (Wildman–Crippen LogP) is 8.88. The number of oxazole rings is 2. The van der Waals surface area contributed by atoms with Gasteiger partial charge in [0.2, 0.25) is 11.8 Å². The number of aryl methyl sites for hydroxylation is 2. The standard InChI is InChI=1S/C22H23N3O4S.C22H23N3O2S/c1-30(26,27)13-10-21-23-18-14-15(22-24-17-4-2-3-5-20(17)29-22)6-7-19(18)25(21)16-8-11-28-12-9-16;1-28-13-10-21-23-18-14-15(22-24-17-4-2-3-5-20(17)27-22)6-7-19(18)25(21)16-8-11-26-12-9-16/h2-7,14,16H,8-13H2,1H3;2-7,14,16H,8-13H2,1H3. The predicted molar refractivity (Wildman–Crippen MR) is 229 cm³/mol. The number of nitrogens with zero attached hydrogens (tertiary/aromatic N) is 6. The molecule has 0 radical (unpaired) electrons. The van der Waals surface area contributed by atoms with Gasteiger partial charge in [0.05, 0.1) is 27.8 Å². The van der Waals surface area contributed by atoms with E-state index >= 15 is 0 Å². The SMILES string of the molecule is CS(=O)(=O)CCc1nc2cc(-c3nc4ccccc4o3)ccc2n1C1CCOCC1.CSCCc1nc2cc(-c3nc4ccccc4o3)ccc2n1C1CCOCC1. The number of aromatic nitrogens is 6. The maximum atomic E-state index is 11.8. The maximum Gasteiger partial charge on any atom is 0.227 e. The Morgan fingerprint density at radius 1 is 0.621 bits per heavy atom. The molecular weight excluding hydrogens is 773 g/mol. The van der Waals surface area contributed by atoms with Crippen molar-refractivity contribution in [2.24, 2.45) is 0 Å². The third-order valence-corrected chi connectivity index (χ3v) is 12.5. The zero-order valence-electron chi connectivity index (χ0n) is 32.7. The van der Waals surface area contributed by atoms with Crippen LogP contribution in [0, 0.1) is 0 Å². The van der Waals surface area contributed by atoms with Gasteiger partial charge >= 0.3 is 0 Å². The summed E-state index contributed by atoms with van der Waals surface area (Å²) in [6.07, 6.45) is 8.66. The number of imidazole rings is 2. The van der Waals surface area contributed by atoms with Crippen LogP contribution in [0.25, 0.3) is 67.2 Å². The topological polar surface area (TPSA) is 140 Å². The highest BCUT2D eigenvalue weighted by molar-refractivity contribution is 7.98. The smallest absolute Gasteiger partial charge is 0.227 e. The molecule has 0 atom stereocenters. The van der Waals surface area contributed by atoms with Gasteiger partial charge in [-0.2, -0.15) is 11.8 Å². The monoisotopic (exact) mass is 818 g/mol. The van der Waals surface area contributed by atoms with Crippen molar-refractivity contribution in [2.75, 3.05) is 50.4 Å². The first-order chi connectivity index (χ1) is 28.3. The normalized spacial score (nSPS) is 15.8. The maximum absolute atomic E-state index is 11.8. The molecule has 58 heavy (non-hydrogen) atoms. The van der Waals surface area contributed by atoms with Gasteiger partial charge in [-0.05, 0) is 92.6 Å². The Morgan fingerprint density at radius 3 is 1.53 bits per heavy atom. The Balaban J connectivity index is 0.000000151. The van der Waals surface area contributed by atoms with Crippen molar-refractivity contribution in [3.05, 3.63) is 96.6 Å². The summed E-state index contributed by atoms with van der Waals surface area (Å²) >= 11 is 1.86. The van der Waals surface area contributed by atoms with Gasteiger partial charge < -0.3 is 27.4 Å². The number of benzene rings is 4. The third-order valence-electron chi connectivity index (χ3n) is 10.9. The minimum Gasteiger partial charge on any atom is -0.436 e. The summed E-state index contributed by atoms with van der Waals surface area (Å²) < 4.78 is 51.1.